The van der Waals surface area contributed by atoms with Gasteiger partial charge in [0.15, 0.2) is 5.78 Å². The lowest BCUT2D eigenvalue weighted by molar-refractivity contribution is -0.126. The van der Waals surface area contributed by atoms with Gasteiger partial charge < -0.3 is 25.1 Å². The minimum absolute atomic E-state index is 0. The van der Waals surface area contributed by atoms with Crippen molar-refractivity contribution in [2.75, 3.05) is 26.3 Å². The molecule has 2 aliphatic heterocycles. The fourth-order valence-electron chi connectivity index (χ4n) is 4.36. The summed E-state index contributed by atoms with van der Waals surface area (Å²) in [4.78, 5) is 28.2. The molecule has 0 bridgehead atoms. The van der Waals surface area contributed by atoms with E-state index in [-0.39, 0.29) is 30.5 Å². The molecule has 2 saturated heterocycles. The number of rotatable bonds is 9. The summed E-state index contributed by atoms with van der Waals surface area (Å²) >= 11 is 0. The Kier molecular flexibility index (Phi) is 9.72. The Labute approximate surface area is 209 Å². The third-order valence-electron chi connectivity index (χ3n) is 7.03. The van der Waals surface area contributed by atoms with E-state index in [2.05, 4.69) is 10.2 Å². The summed E-state index contributed by atoms with van der Waals surface area (Å²) in [6, 6.07) is 8.28. The maximum atomic E-state index is 13.1. The normalized spacial score (nSPS) is 22.4. The molecule has 2 fully saturated rings. The molecular weight excluding hydrogens is 457 g/mol. The van der Waals surface area contributed by atoms with Crippen LogP contribution in [0, 0.1) is 0 Å². The van der Waals surface area contributed by atoms with Gasteiger partial charge in [-0.05, 0) is 34.1 Å². The zero-order valence-electron chi connectivity index (χ0n) is 21.0. The minimum atomic E-state index is -1.23. The number of carbonyl (C=O) groups is 2. The molecule has 2 heterocycles. The molecule has 0 spiro atoms. The van der Waals surface area contributed by atoms with Crippen LogP contribution in [0.2, 0.25) is 0 Å². The van der Waals surface area contributed by atoms with Crippen molar-refractivity contribution in [3.8, 4) is 0 Å². The number of hydrogen-bond donors (Lipinski definition) is 2. The number of nitrogens with two attached hydrogens (primary N) is 1. The van der Waals surface area contributed by atoms with Crippen molar-refractivity contribution in [3.05, 3.63) is 35.9 Å². The van der Waals surface area contributed by atoms with Gasteiger partial charge in [-0.25, -0.2) is 0 Å². The van der Waals surface area contributed by atoms with Gasteiger partial charge in [0.25, 0.3) is 0 Å². The van der Waals surface area contributed by atoms with Crippen molar-refractivity contribution in [3.63, 3.8) is 0 Å². The number of carbonyl (C=O) groups excluding carboxylic acids is 2. The largest absolute Gasteiger partial charge is 0.503 e. The van der Waals surface area contributed by atoms with E-state index in [0.717, 1.165) is 0 Å². The lowest BCUT2D eigenvalue weighted by atomic mass is 9.63. The molecule has 1 amide bonds. The minimum Gasteiger partial charge on any atom is -0.401 e. The number of benzene rings is 1. The number of nitrogens with zero attached hydrogens (tertiary/aromatic N) is 1. The first-order valence-corrected chi connectivity index (χ1v) is 11.9. The molecule has 2 atom stereocenters. The Hall–Kier alpha value is -1.49. The van der Waals surface area contributed by atoms with Crippen LogP contribution in [0.25, 0.3) is 0 Å². The lowest BCUT2D eigenvalue weighted by Crippen LogP contribution is -2.78. The molecule has 0 aromatic heterocycles. The number of nitrogens with one attached hydrogen (secondary N) is 1. The van der Waals surface area contributed by atoms with Crippen LogP contribution >= 0.6 is 12.4 Å². The van der Waals surface area contributed by atoms with E-state index in [9.17, 15) is 9.59 Å². The van der Waals surface area contributed by atoms with Crippen LogP contribution < -0.4 is 11.1 Å². The second kappa shape index (κ2) is 11.5. The van der Waals surface area contributed by atoms with Gasteiger partial charge in [0.1, 0.15) is 5.56 Å². The smallest absolute Gasteiger partial charge is 0.401 e. The van der Waals surface area contributed by atoms with Gasteiger partial charge in [-0.1, -0.05) is 37.3 Å². The van der Waals surface area contributed by atoms with Crippen LogP contribution in [0.1, 0.15) is 64.2 Å². The van der Waals surface area contributed by atoms with Crippen molar-refractivity contribution in [2.24, 2.45) is 5.73 Å². The summed E-state index contributed by atoms with van der Waals surface area (Å²) in [6.07, 6.45) is 1.05. The number of hydrogen-bond acceptors (Lipinski definition) is 7. The molecule has 8 nitrogen and oxygen atoms in total. The highest BCUT2D eigenvalue weighted by Gasteiger charge is 2.64. The van der Waals surface area contributed by atoms with Crippen LogP contribution in [0.3, 0.4) is 0 Å². The molecule has 0 unspecified atom stereocenters. The van der Waals surface area contributed by atoms with Gasteiger partial charge in [-0.2, -0.15) is 0 Å². The highest BCUT2D eigenvalue weighted by atomic mass is 35.5. The van der Waals surface area contributed by atoms with Crippen molar-refractivity contribution in [2.45, 2.75) is 76.7 Å². The highest BCUT2D eigenvalue weighted by Crippen LogP contribution is 2.42. The summed E-state index contributed by atoms with van der Waals surface area (Å²) in [5, 5.41) is 3.18. The molecular formula is C24H39BClN3O5. The summed E-state index contributed by atoms with van der Waals surface area (Å²) in [5.41, 5.74) is 4.93. The fourth-order valence-corrected chi connectivity index (χ4v) is 4.36. The predicted octanol–water partition coefficient (Wildman–Crippen LogP) is 2.58. The Morgan fingerprint density at radius 3 is 2.21 bits per heavy atom. The van der Waals surface area contributed by atoms with E-state index >= 15 is 0 Å². The van der Waals surface area contributed by atoms with Crippen LogP contribution in [-0.4, -0.2) is 72.8 Å². The van der Waals surface area contributed by atoms with E-state index in [0.29, 0.717) is 44.7 Å². The first-order valence-electron chi connectivity index (χ1n) is 11.9. The van der Waals surface area contributed by atoms with E-state index < -0.39 is 29.9 Å². The van der Waals surface area contributed by atoms with Gasteiger partial charge in [0, 0.05) is 37.5 Å². The fraction of sp³-hybridized carbons (Fsp3) is 0.667. The molecule has 0 radical (unpaired) electrons. The summed E-state index contributed by atoms with van der Waals surface area (Å²) in [6.45, 7) is 11.8. The number of Topliss-reactive ketones (excluding diaryl/α,β-unsaturated/α-hetero) is 1. The lowest BCUT2D eigenvalue weighted by Gasteiger charge is -2.49. The molecule has 190 valence electrons. The Bertz CT molecular complexity index is 819. The van der Waals surface area contributed by atoms with Crippen molar-refractivity contribution in [1.82, 2.24) is 10.2 Å². The maximum Gasteiger partial charge on any atom is 0.503 e. The quantitative estimate of drug-likeness (QED) is 0.401. The predicted molar refractivity (Wildman–Crippen MR) is 135 cm³/mol. The van der Waals surface area contributed by atoms with Crippen LogP contribution in [0.5, 0.6) is 0 Å². The first kappa shape index (κ1) is 28.8. The zero-order chi connectivity index (χ0) is 24.3. The average Bonchev–Trinajstić information content (AvgIpc) is 3.00. The third kappa shape index (κ3) is 5.83. The van der Waals surface area contributed by atoms with Crippen LogP contribution in [0.4, 0.5) is 0 Å². The SMILES string of the molecule is CCCC(=O)N[C@@](B1OC(C)(C)C(C)(C)O1)([C@H](N)CC(=O)c1ccccc1)N1CCOCC1.Cl. The van der Waals surface area contributed by atoms with Crippen molar-refractivity contribution in [1.29, 1.82) is 0 Å². The van der Waals surface area contributed by atoms with Gasteiger partial charge in [-0.15, -0.1) is 12.4 Å². The number of ether oxygens (including phenoxy) is 1. The Morgan fingerprint density at radius 2 is 1.68 bits per heavy atom. The number of morpholine rings is 1. The van der Waals surface area contributed by atoms with Gasteiger partial charge in [0.2, 0.25) is 5.91 Å². The molecule has 1 aromatic carbocycles. The number of ketones is 1. The molecule has 0 aliphatic carbocycles. The van der Waals surface area contributed by atoms with Crippen molar-refractivity contribution < 1.29 is 23.6 Å². The summed E-state index contributed by atoms with van der Waals surface area (Å²) in [7, 11) is -0.861. The van der Waals surface area contributed by atoms with Gasteiger partial charge in [-0.3, -0.25) is 14.5 Å². The van der Waals surface area contributed by atoms with E-state index in [4.69, 9.17) is 19.8 Å². The van der Waals surface area contributed by atoms with Crippen LogP contribution in [0.15, 0.2) is 30.3 Å². The molecule has 3 N–H and O–H groups in total. The second-order valence-corrected chi connectivity index (χ2v) is 9.91. The number of amides is 1. The maximum absolute atomic E-state index is 13.1. The summed E-state index contributed by atoms with van der Waals surface area (Å²) in [5.74, 6) is -0.247. The second-order valence-electron chi connectivity index (χ2n) is 9.91. The zero-order valence-corrected chi connectivity index (χ0v) is 21.8. The molecule has 3 rings (SSSR count). The monoisotopic (exact) mass is 495 g/mol. The molecule has 1 aromatic rings. The van der Waals surface area contributed by atoms with Gasteiger partial charge >= 0.3 is 7.12 Å². The Morgan fingerprint density at radius 1 is 1.12 bits per heavy atom. The van der Waals surface area contributed by atoms with Crippen LogP contribution in [-0.2, 0) is 18.8 Å². The molecule has 2 aliphatic rings. The first-order chi connectivity index (χ1) is 15.5. The van der Waals surface area contributed by atoms with Gasteiger partial charge in [0.05, 0.1) is 24.4 Å². The standard InChI is InChI=1S/C24H38BN3O5.ClH/c1-6-10-21(30)27-24(28-13-15-31-16-14-28,25-32-22(2,3)23(4,5)33-25)20(26)17-19(29)18-11-8-7-9-12-18;/h7-9,11-12,20H,6,10,13-17,26H2,1-5H3,(H,27,30);1H/t20-,24+;/m1./s1. The average molecular weight is 496 g/mol. The van der Waals surface area contributed by atoms with E-state index in [1.165, 1.54) is 0 Å². The molecule has 10 heteroatoms. The highest BCUT2D eigenvalue weighted by molar-refractivity contribution is 6.50. The molecule has 0 saturated carbocycles. The van der Waals surface area contributed by atoms with Crippen molar-refractivity contribution >= 4 is 31.2 Å². The van der Waals surface area contributed by atoms with E-state index in [1.807, 2.05) is 52.8 Å². The third-order valence-corrected chi connectivity index (χ3v) is 7.03. The Balaban J connectivity index is 0.00000408. The molecule has 34 heavy (non-hydrogen) atoms. The van der Waals surface area contributed by atoms with E-state index in [1.54, 1.807) is 12.1 Å². The number of halogens is 1. The topological polar surface area (TPSA) is 103 Å². The summed E-state index contributed by atoms with van der Waals surface area (Å²) < 4.78 is 18.5.